The lowest BCUT2D eigenvalue weighted by molar-refractivity contribution is 0.616. The summed E-state index contributed by atoms with van der Waals surface area (Å²) in [6.07, 6.45) is 1.86. The molecule has 0 heterocycles. The van der Waals surface area contributed by atoms with Crippen molar-refractivity contribution in [2.24, 2.45) is 0 Å². The molecule has 0 N–H and O–H groups in total. The summed E-state index contributed by atoms with van der Waals surface area (Å²) >= 11 is 0. The van der Waals surface area contributed by atoms with E-state index in [0.717, 1.165) is 18.4 Å². The van der Waals surface area contributed by atoms with Gasteiger partial charge in [-0.05, 0) is 61.9 Å². The predicted molar refractivity (Wildman–Crippen MR) is 74.5 cm³/mol. The second kappa shape index (κ2) is 5.34. The Morgan fingerprint density at radius 3 is 2.28 bits per heavy atom. The van der Waals surface area contributed by atoms with Gasteiger partial charge in [0, 0.05) is 0 Å². The highest BCUT2D eigenvalue weighted by molar-refractivity contribution is 5.32. The first-order valence-electron chi connectivity index (χ1n) is 6.37. The highest BCUT2D eigenvalue weighted by atomic mass is 19.1. The van der Waals surface area contributed by atoms with Crippen LogP contribution in [0.25, 0.3) is 0 Å². The van der Waals surface area contributed by atoms with Crippen LogP contribution in [0, 0.1) is 26.6 Å². The Labute approximate surface area is 108 Å². The zero-order chi connectivity index (χ0) is 13.1. The summed E-state index contributed by atoms with van der Waals surface area (Å²) in [4.78, 5) is 0. The monoisotopic (exact) mass is 242 g/mol. The number of benzene rings is 2. The van der Waals surface area contributed by atoms with Gasteiger partial charge in [0.1, 0.15) is 5.82 Å². The molecule has 0 amide bonds. The summed E-state index contributed by atoms with van der Waals surface area (Å²) < 4.78 is 13.4. The maximum absolute atomic E-state index is 13.4. The van der Waals surface area contributed by atoms with Crippen LogP contribution in [-0.2, 0) is 12.8 Å². The molecule has 0 saturated heterocycles. The topological polar surface area (TPSA) is 0 Å². The van der Waals surface area contributed by atoms with Crippen molar-refractivity contribution in [2.75, 3.05) is 0 Å². The molecule has 2 aromatic carbocycles. The lowest BCUT2D eigenvalue weighted by Crippen LogP contribution is -1.96. The first-order valence-corrected chi connectivity index (χ1v) is 6.37. The van der Waals surface area contributed by atoms with E-state index in [0.29, 0.717) is 5.56 Å². The lowest BCUT2D eigenvalue weighted by Gasteiger charge is -2.08. The van der Waals surface area contributed by atoms with Gasteiger partial charge in [-0.2, -0.15) is 0 Å². The van der Waals surface area contributed by atoms with Crippen LogP contribution in [-0.4, -0.2) is 0 Å². The first-order chi connectivity index (χ1) is 8.56. The Morgan fingerprint density at radius 2 is 1.56 bits per heavy atom. The van der Waals surface area contributed by atoms with Gasteiger partial charge in [0.2, 0.25) is 0 Å². The molecule has 2 rings (SSSR count). The van der Waals surface area contributed by atoms with E-state index in [9.17, 15) is 4.39 Å². The van der Waals surface area contributed by atoms with E-state index < -0.39 is 0 Å². The third-order valence-electron chi connectivity index (χ3n) is 3.42. The number of rotatable bonds is 3. The molecule has 0 nitrogen and oxygen atoms in total. The van der Waals surface area contributed by atoms with Crippen molar-refractivity contribution >= 4 is 0 Å². The Bertz CT molecular complexity index is 556. The average molecular weight is 242 g/mol. The maximum Gasteiger partial charge on any atom is 0.126 e. The smallest absolute Gasteiger partial charge is 0.126 e. The van der Waals surface area contributed by atoms with Gasteiger partial charge in [-0.1, -0.05) is 35.9 Å². The van der Waals surface area contributed by atoms with E-state index in [1.807, 2.05) is 12.1 Å². The Balaban J connectivity index is 2.11. The molecule has 0 aliphatic rings. The van der Waals surface area contributed by atoms with Crippen molar-refractivity contribution < 1.29 is 4.39 Å². The van der Waals surface area contributed by atoms with Crippen LogP contribution in [0.4, 0.5) is 4.39 Å². The lowest BCUT2D eigenvalue weighted by atomic mass is 9.98. The van der Waals surface area contributed by atoms with Crippen molar-refractivity contribution in [2.45, 2.75) is 33.6 Å². The highest BCUT2D eigenvalue weighted by Gasteiger charge is 2.02. The molecule has 0 saturated carbocycles. The molecule has 0 fully saturated rings. The van der Waals surface area contributed by atoms with Crippen LogP contribution in [0.2, 0.25) is 0 Å². The Kier molecular flexibility index (Phi) is 3.81. The number of halogens is 1. The van der Waals surface area contributed by atoms with Crippen molar-refractivity contribution in [3.63, 3.8) is 0 Å². The molecule has 0 bridgehead atoms. The minimum absolute atomic E-state index is 0.103. The zero-order valence-corrected chi connectivity index (χ0v) is 11.3. The van der Waals surface area contributed by atoms with Gasteiger partial charge in [0.15, 0.2) is 0 Å². The Hall–Kier alpha value is -1.63. The van der Waals surface area contributed by atoms with Gasteiger partial charge in [-0.3, -0.25) is 0 Å². The largest absolute Gasteiger partial charge is 0.207 e. The van der Waals surface area contributed by atoms with Crippen molar-refractivity contribution in [1.82, 2.24) is 0 Å². The minimum Gasteiger partial charge on any atom is -0.207 e. The second-order valence-corrected chi connectivity index (χ2v) is 5.01. The minimum atomic E-state index is -0.103. The third kappa shape index (κ3) is 2.98. The SMILES string of the molecule is Cc1ccc(C)c(CCc2ccc(C)c(F)c2)c1. The first kappa shape index (κ1) is 12.8. The highest BCUT2D eigenvalue weighted by Crippen LogP contribution is 2.15. The Morgan fingerprint density at radius 1 is 0.833 bits per heavy atom. The molecule has 2 aromatic rings. The van der Waals surface area contributed by atoms with Crippen LogP contribution < -0.4 is 0 Å². The van der Waals surface area contributed by atoms with Crippen LogP contribution in [0.1, 0.15) is 27.8 Å². The summed E-state index contributed by atoms with van der Waals surface area (Å²) in [7, 11) is 0. The fraction of sp³-hybridized carbons (Fsp3) is 0.294. The molecular weight excluding hydrogens is 223 g/mol. The molecule has 0 atom stereocenters. The summed E-state index contributed by atoms with van der Waals surface area (Å²) in [5.41, 5.74) is 5.74. The molecule has 0 aliphatic carbocycles. The standard InChI is InChI=1S/C17H19F/c1-12-4-5-13(2)16(10-12)9-8-15-7-6-14(3)17(18)11-15/h4-7,10-11H,8-9H2,1-3H3. The van der Waals surface area contributed by atoms with E-state index in [-0.39, 0.29) is 5.82 Å². The normalized spacial score (nSPS) is 10.7. The number of aryl methyl sites for hydroxylation is 5. The van der Waals surface area contributed by atoms with Crippen LogP contribution in [0.5, 0.6) is 0 Å². The van der Waals surface area contributed by atoms with Crippen LogP contribution in [0.15, 0.2) is 36.4 Å². The van der Waals surface area contributed by atoms with Gasteiger partial charge in [0.05, 0.1) is 0 Å². The molecule has 18 heavy (non-hydrogen) atoms. The summed E-state index contributed by atoms with van der Waals surface area (Å²) in [6, 6.07) is 12.0. The molecule has 1 heteroatoms. The van der Waals surface area contributed by atoms with E-state index in [1.165, 1.54) is 16.7 Å². The van der Waals surface area contributed by atoms with Crippen molar-refractivity contribution in [3.05, 3.63) is 70.0 Å². The van der Waals surface area contributed by atoms with E-state index in [4.69, 9.17) is 0 Å². The van der Waals surface area contributed by atoms with E-state index in [2.05, 4.69) is 32.0 Å². The molecular formula is C17H19F. The fourth-order valence-corrected chi connectivity index (χ4v) is 2.14. The summed E-state index contributed by atoms with van der Waals surface area (Å²) in [5, 5.41) is 0. The molecule has 0 unspecified atom stereocenters. The van der Waals surface area contributed by atoms with Crippen LogP contribution in [0.3, 0.4) is 0 Å². The average Bonchev–Trinajstić information content (AvgIpc) is 2.34. The fourth-order valence-electron chi connectivity index (χ4n) is 2.14. The van der Waals surface area contributed by atoms with Gasteiger partial charge in [-0.15, -0.1) is 0 Å². The van der Waals surface area contributed by atoms with Gasteiger partial charge >= 0.3 is 0 Å². The number of hydrogen-bond donors (Lipinski definition) is 0. The maximum atomic E-state index is 13.4. The van der Waals surface area contributed by atoms with E-state index in [1.54, 1.807) is 13.0 Å². The van der Waals surface area contributed by atoms with Crippen LogP contribution >= 0.6 is 0 Å². The quantitative estimate of drug-likeness (QED) is 0.741. The second-order valence-electron chi connectivity index (χ2n) is 5.01. The number of hydrogen-bond acceptors (Lipinski definition) is 0. The van der Waals surface area contributed by atoms with Gasteiger partial charge in [-0.25, -0.2) is 4.39 Å². The molecule has 0 aromatic heterocycles. The molecule has 0 radical (unpaired) electrons. The molecule has 0 aliphatic heterocycles. The third-order valence-corrected chi connectivity index (χ3v) is 3.42. The van der Waals surface area contributed by atoms with Crippen molar-refractivity contribution in [1.29, 1.82) is 0 Å². The zero-order valence-electron chi connectivity index (χ0n) is 11.3. The van der Waals surface area contributed by atoms with Crippen molar-refractivity contribution in [3.8, 4) is 0 Å². The summed E-state index contributed by atoms with van der Waals surface area (Å²) in [5.74, 6) is -0.103. The molecule has 0 spiro atoms. The van der Waals surface area contributed by atoms with E-state index >= 15 is 0 Å². The molecule has 94 valence electrons. The summed E-state index contributed by atoms with van der Waals surface area (Å²) in [6.45, 7) is 6.03. The van der Waals surface area contributed by atoms with Gasteiger partial charge in [0.25, 0.3) is 0 Å². The predicted octanol–water partition coefficient (Wildman–Crippen LogP) is 4.54. The van der Waals surface area contributed by atoms with Gasteiger partial charge < -0.3 is 0 Å².